The van der Waals surface area contributed by atoms with Crippen LogP contribution in [0, 0.1) is 13.8 Å². The monoisotopic (exact) mass is 351 g/mol. The molecule has 2 aromatic rings. The highest BCUT2D eigenvalue weighted by Crippen LogP contribution is 2.34. The van der Waals surface area contributed by atoms with Gasteiger partial charge in [0.05, 0.1) is 11.3 Å². The van der Waals surface area contributed by atoms with E-state index in [2.05, 4.69) is 5.32 Å². The first-order valence-corrected chi connectivity index (χ1v) is 7.93. The van der Waals surface area contributed by atoms with Crippen molar-refractivity contribution in [3.05, 3.63) is 59.2 Å². The third-order valence-corrected chi connectivity index (χ3v) is 3.91. The van der Waals surface area contributed by atoms with E-state index in [1.807, 2.05) is 19.9 Å². The molecule has 2 aromatic carbocycles. The molecule has 134 valence electrons. The summed E-state index contributed by atoms with van der Waals surface area (Å²) in [7, 11) is 0. The fourth-order valence-electron chi connectivity index (χ4n) is 2.33. The van der Waals surface area contributed by atoms with Crippen LogP contribution in [0.15, 0.2) is 42.5 Å². The predicted octanol–water partition coefficient (Wildman–Crippen LogP) is 5.12. The van der Waals surface area contributed by atoms with Gasteiger partial charge in [-0.3, -0.25) is 4.79 Å². The summed E-state index contributed by atoms with van der Waals surface area (Å²) < 4.78 is 44.8. The second-order valence-electron chi connectivity index (χ2n) is 5.79. The van der Waals surface area contributed by atoms with E-state index in [0.717, 1.165) is 17.2 Å². The van der Waals surface area contributed by atoms with Crippen LogP contribution in [-0.2, 0) is 11.0 Å². The summed E-state index contributed by atoms with van der Waals surface area (Å²) in [6, 6.07) is 10.3. The molecule has 0 saturated heterocycles. The Morgan fingerprint density at radius 2 is 1.80 bits per heavy atom. The second-order valence-corrected chi connectivity index (χ2v) is 5.79. The molecule has 0 bridgehead atoms. The first kappa shape index (κ1) is 18.8. The Balaban J connectivity index is 2.17. The summed E-state index contributed by atoms with van der Waals surface area (Å²) in [5.74, 6) is -0.105. The molecule has 0 unspecified atom stereocenters. The number of alkyl halides is 3. The van der Waals surface area contributed by atoms with E-state index in [1.54, 1.807) is 19.1 Å². The van der Waals surface area contributed by atoms with Crippen LogP contribution in [0.2, 0.25) is 0 Å². The largest absolute Gasteiger partial charge is 0.481 e. The van der Waals surface area contributed by atoms with Crippen molar-refractivity contribution in [2.75, 3.05) is 5.32 Å². The van der Waals surface area contributed by atoms with Crippen molar-refractivity contribution in [1.29, 1.82) is 0 Å². The van der Waals surface area contributed by atoms with Crippen molar-refractivity contribution in [2.24, 2.45) is 0 Å². The number of carbonyl (C=O) groups excluding carboxylic acids is 1. The van der Waals surface area contributed by atoms with E-state index in [1.165, 1.54) is 18.2 Å². The van der Waals surface area contributed by atoms with Gasteiger partial charge in [0, 0.05) is 0 Å². The minimum atomic E-state index is -4.54. The highest BCUT2D eigenvalue weighted by atomic mass is 19.4. The van der Waals surface area contributed by atoms with Crippen LogP contribution in [0.4, 0.5) is 18.9 Å². The van der Waals surface area contributed by atoms with E-state index in [0.29, 0.717) is 12.2 Å². The molecule has 2 rings (SSSR count). The minimum Gasteiger partial charge on any atom is -0.481 e. The van der Waals surface area contributed by atoms with E-state index < -0.39 is 23.8 Å². The number of halogens is 3. The number of benzene rings is 2. The zero-order chi connectivity index (χ0) is 18.6. The van der Waals surface area contributed by atoms with E-state index in [4.69, 9.17) is 4.74 Å². The van der Waals surface area contributed by atoms with Gasteiger partial charge in [-0.25, -0.2) is 0 Å². The van der Waals surface area contributed by atoms with Gasteiger partial charge in [-0.2, -0.15) is 13.2 Å². The molecule has 3 nitrogen and oxygen atoms in total. The summed E-state index contributed by atoms with van der Waals surface area (Å²) in [4.78, 5) is 12.4. The Bertz CT molecular complexity index is 757. The van der Waals surface area contributed by atoms with Gasteiger partial charge in [-0.15, -0.1) is 0 Å². The Morgan fingerprint density at radius 3 is 2.40 bits per heavy atom. The van der Waals surface area contributed by atoms with Crippen molar-refractivity contribution < 1.29 is 22.7 Å². The summed E-state index contributed by atoms with van der Waals surface area (Å²) in [6.45, 7) is 5.61. The number of aryl methyl sites for hydroxylation is 2. The van der Waals surface area contributed by atoms with Crippen molar-refractivity contribution in [1.82, 2.24) is 0 Å². The van der Waals surface area contributed by atoms with Crippen molar-refractivity contribution in [2.45, 2.75) is 39.5 Å². The van der Waals surface area contributed by atoms with Crippen LogP contribution in [0.1, 0.15) is 30.0 Å². The summed E-state index contributed by atoms with van der Waals surface area (Å²) in [5, 5.41) is 2.33. The molecule has 0 radical (unpaired) electrons. The molecule has 0 saturated carbocycles. The lowest BCUT2D eigenvalue weighted by atomic mass is 10.1. The minimum absolute atomic E-state index is 0.276. The third-order valence-electron chi connectivity index (χ3n) is 3.91. The first-order chi connectivity index (χ1) is 11.7. The molecule has 1 N–H and O–H groups in total. The topological polar surface area (TPSA) is 38.3 Å². The van der Waals surface area contributed by atoms with Crippen molar-refractivity contribution in [3.8, 4) is 5.75 Å². The maximum absolute atomic E-state index is 13.0. The molecular weight excluding hydrogens is 331 g/mol. The number of carbonyl (C=O) groups is 1. The molecule has 1 atom stereocenters. The standard InChI is InChI=1S/C19H20F3NO2/c1-4-17(25-14-10-9-12(2)13(3)11-14)18(24)23-16-8-6-5-7-15(16)19(20,21)22/h5-11,17H,4H2,1-3H3,(H,23,24)/t17-/m1/s1. The zero-order valence-electron chi connectivity index (χ0n) is 14.3. The van der Waals surface area contributed by atoms with Crippen LogP contribution in [-0.4, -0.2) is 12.0 Å². The molecular formula is C19H20F3NO2. The van der Waals surface area contributed by atoms with Gasteiger partial charge in [0.1, 0.15) is 5.75 Å². The molecule has 6 heteroatoms. The lowest BCUT2D eigenvalue weighted by molar-refractivity contribution is -0.137. The molecule has 0 aliphatic heterocycles. The Hall–Kier alpha value is -2.50. The van der Waals surface area contributed by atoms with Gasteiger partial charge >= 0.3 is 6.18 Å². The van der Waals surface area contributed by atoms with Crippen LogP contribution in [0.3, 0.4) is 0 Å². The molecule has 1 amide bonds. The number of para-hydroxylation sites is 1. The number of amides is 1. The van der Waals surface area contributed by atoms with E-state index >= 15 is 0 Å². The SMILES string of the molecule is CC[C@@H](Oc1ccc(C)c(C)c1)C(=O)Nc1ccccc1C(F)(F)F. The number of ether oxygens (including phenoxy) is 1. The zero-order valence-corrected chi connectivity index (χ0v) is 14.3. The smallest absolute Gasteiger partial charge is 0.418 e. The van der Waals surface area contributed by atoms with E-state index in [-0.39, 0.29) is 5.69 Å². The van der Waals surface area contributed by atoms with E-state index in [9.17, 15) is 18.0 Å². The quantitative estimate of drug-likeness (QED) is 0.812. The summed E-state index contributed by atoms with van der Waals surface area (Å²) >= 11 is 0. The second kappa shape index (κ2) is 7.59. The molecule has 25 heavy (non-hydrogen) atoms. The predicted molar refractivity (Wildman–Crippen MR) is 90.7 cm³/mol. The average molecular weight is 351 g/mol. The molecule has 0 aliphatic rings. The van der Waals surface area contributed by atoms with Gasteiger partial charge in [0.2, 0.25) is 0 Å². The third kappa shape index (κ3) is 4.75. The number of rotatable bonds is 5. The number of hydrogen-bond acceptors (Lipinski definition) is 2. The number of hydrogen-bond donors (Lipinski definition) is 1. The fourth-order valence-corrected chi connectivity index (χ4v) is 2.33. The normalized spacial score (nSPS) is 12.6. The molecule has 0 heterocycles. The Morgan fingerprint density at radius 1 is 1.12 bits per heavy atom. The molecule has 0 fully saturated rings. The van der Waals surface area contributed by atoms with Crippen LogP contribution in [0.5, 0.6) is 5.75 Å². The molecule has 0 spiro atoms. The summed E-state index contributed by atoms with van der Waals surface area (Å²) in [5.41, 5.74) is 0.936. The lowest BCUT2D eigenvalue weighted by Gasteiger charge is -2.19. The highest BCUT2D eigenvalue weighted by Gasteiger charge is 2.34. The Labute approximate surface area is 144 Å². The lowest BCUT2D eigenvalue weighted by Crippen LogP contribution is -2.33. The Kier molecular flexibility index (Phi) is 5.72. The van der Waals surface area contributed by atoms with Gasteiger partial charge in [0.15, 0.2) is 6.10 Å². The highest BCUT2D eigenvalue weighted by molar-refractivity contribution is 5.95. The first-order valence-electron chi connectivity index (χ1n) is 7.93. The molecule has 0 aliphatic carbocycles. The number of anilines is 1. The van der Waals surface area contributed by atoms with Crippen LogP contribution in [0.25, 0.3) is 0 Å². The van der Waals surface area contributed by atoms with Crippen LogP contribution >= 0.6 is 0 Å². The number of nitrogens with one attached hydrogen (secondary N) is 1. The van der Waals surface area contributed by atoms with Gasteiger partial charge < -0.3 is 10.1 Å². The summed E-state index contributed by atoms with van der Waals surface area (Å²) in [6.07, 6.45) is -5.10. The van der Waals surface area contributed by atoms with Crippen molar-refractivity contribution in [3.63, 3.8) is 0 Å². The maximum atomic E-state index is 13.0. The van der Waals surface area contributed by atoms with Crippen molar-refractivity contribution >= 4 is 11.6 Å². The maximum Gasteiger partial charge on any atom is 0.418 e. The van der Waals surface area contributed by atoms with Gasteiger partial charge in [-0.1, -0.05) is 25.1 Å². The van der Waals surface area contributed by atoms with Gasteiger partial charge in [-0.05, 0) is 55.7 Å². The average Bonchev–Trinajstić information content (AvgIpc) is 2.55. The fraction of sp³-hybridized carbons (Fsp3) is 0.316. The van der Waals surface area contributed by atoms with Gasteiger partial charge in [0.25, 0.3) is 5.91 Å². The molecule has 0 aromatic heterocycles. The van der Waals surface area contributed by atoms with Crippen LogP contribution < -0.4 is 10.1 Å².